The largest absolute Gasteiger partial charge is 0.375 e. The number of carbonyl (C=O) groups excluding carboxylic acids is 1. The molecule has 0 fully saturated rings. The summed E-state index contributed by atoms with van der Waals surface area (Å²) < 4.78 is 5.39. The minimum Gasteiger partial charge on any atom is -0.375 e. The maximum absolute atomic E-state index is 11.9. The lowest BCUT2D eigenvalue weighted by atomic mass is 10.1. The number of pyridine rings is 1. The van der Waals surface area contributed by atoms with Crippen molar-refractivity contribution in [2.75, 3.05) is 13.7 Å². The van der Waals surface area contributed by atoms with Crippen molar-refractivity contribution in [2.24, 2.45) is 0 Å². The summed E-state index contributed by atoms with van der Waals surface area (Å²) >= 11 is 0. The zero-order valence-electron chi connectivity index (χ0n) is 10.7. The summed E-state index contributed by atoms with van der Waals surface area (Å²) in [5.41, 5.74) is 1.59. The summed E-state index contributed by atoms with van der Waals surface area (Å²) in [4.78, 5) is 15.8. The van der Waals surface area contributed by atoms with Crippen molar-refractivity contribution in [3.8, 4) is 0 Å². The zero-order valence-corrected chi connectivity index (χ0v) is 10.7. The minimum absolute atomic E-state index is 0.147. The van der Waals surface area contributed by atoms with Gasteiger partial charge in [-0.1, -0.05) is 30.3 Å². The third-order valence-corrected chi connectivity index (χ3v) is 2.83. The molecule has 0 saturated heterocycles. The van der Waals surface area contributed by atoms with E-state index in [1.54, 1.807) is 31.6 Å². The molecule has 1 heterocycles. The Hall–Kier alpha value is -2.20. The van der Waals surface area contributed by atoms with Crippen molar-refractivity contribution >= 4 is 5.91 Å². The van der Waals surface area contributed by atoms with Gasteiger partial charge in [0, 0.05) is 26.0 Å². The quantitative estimate of drug-likeness (QED) is 0.892. The van der Waals surface area contributed by atoms with Gasteiger partial charge in [-0.25, -0.2) is 0 Å². The highest BCUT2D eigenvalue weighted by Gasteiger charge is 2.12. The Balaban J connectivity index is 1.96. The number of rotatable bonds is 5. The molecule has 1 N–H and O–H groups in total. The first-order chi connectivity index (χ1) is 9.31. The number of nitrogens with one attached hydrogen (secondary N) is 1. The number of aromatic nitrogens is 1. The Morgan fingerprint density at radius 2 is 2.05 bits per heavy atom. The molecule has 0 aliphatic carbocycles. The fraction of sp³-hybridized carbons (Fsp3) is 0.200. The molecule has 19 heavy (non-hydrogen) atoms. The lowest BCUT2D eigenvalue weighted by molar-refractivity contribution is 0.0827. The number of hydrogen-bond donors (Lipinski definition) is 1. The number of ether oxygens (including phenoxy) is 1. The van der Waals surface area contributed by atoms with Gasteiger partial charge in [0.1, 0.15) is 0 Å². The lowest BCUT2D eigenvalue weighted by Crippen LogP contribution is -2.29. The van der Waals surface area contributed by atoms with Crippen LogP contribution < -0.4 is 5.32 Å². The van der Waals surface area contributed by atoms with E-state index in [0.29, 0.717) is 12.1 Å². The van der Waals surface area contributed by atoms with Gasteiger partial charge in [0.15, 0.2) is 0 Å². The third kappa shape index (κ3) is 3.63. The average molecular weight is 256 g/mol. The number of benzene rings is 1. The summed E-state index contributed by atoms with van der Waals surface area (Å²) in [6, 6.07) is 13.3. The van der Waals surface area contributed by atoms with Crippen LogP contribution in [0.2, 0.25) is 0 Å². The van der Waals surface area contributed by atoms with Gasteiger partial charge < -0.3 is 10.1 Å². The van der Waals surface area contributed by atoms with E-state index < -0.39 is 0 Å². The molecule has 1 aromatic carbocycles. The van der Waals surface area contributed by atoms with Crippen LogP contribution in [0.5, 0.6) is 0 Å². The van der Waals surface area contributed by atoms with Gasteiger partial charge in [-0.05, 0) is 17.7 Å². The van der Waals surface area contributed by atoms with Crippen LogP contribution in [0.1, 0.15) is 22.0 Å². The molecule has 0 aliphatic rings. The predicted molar refractivity (Wildman–Crippen MR) is 72.8 cm³/mol. The SMILES string of the molecule is COC(CNC(=O)c1cccnc1)c1ccccc1. The smallest absolute Gasteiger partial charge is 0.252 e. The Bertz CT molecular complexity index is 514. The fourth-order valence-corrected chi connectivity index (χ4v) is 1.79. The normalized spacial score (nSPS) is 11.8. The van der Waals surface area contributed by atoms with Crippen LogP contribution >= 0.6 is 0 Å². The van der Waals surface area contributed by atoms with Crippen LogP contribution in [0.4, 0.5) is 0 Å². The van der Waals surface area contributed by atoms with E-state index in [1.165, 1.54) is 0 Å². The Morgan fingerprint density at radius 3 is 2.68 bits per heavy atom. The average Bonchev–Trinajstić information content (AvgIpc) is 2.49. The second kappa shape index (κ2) is 6.66. The molecule has 1 amide bonds. The highest BCUT2D eigenvalue weighted by molar-refractivity contribution is 5.93. The highest BCUT2D eigenvalue weighted by Crippen LogP contribution is 2.14. The Kier molecular flexibility index (Phi) is 4.64. The molecular formula is C15H16N2O2. The molecule has 4 heteroatoms. The minimum atomic E-state index is -0.151. The molecule has 4 nitrogen and oxygen atoms in total. The molecule has 0 spiro atoms. The van der Waals surface area contributed by atoms with Gasteiger partial charge in [-0.2, -0.15) is 0 Å². The Morgan fingerprint density at radius 1 is 1.26 bits per heavy atom. The molecule has 0 saturated carbocycles. The van der Waals surface area contributed by atoms with Gasteiger partial charge >= 0.3 is 0 Å². The van der Waals surface area contributed by atoms with Crippen LogP contribution in [0.25, 0.3) is 0 Å². The monoisotopic (exact) mass is 256 g/mol. The number of methoxy groups -OCH3 is 1. The second-order valence-electron chi connectivity index (χ2n) is 4.09. The van der Waals surface area contributed by atoms with E-state index in [2.05, 4.69) is 10.3 Å². The van der Waals surface area contributed by atoms with E-state index in [1.807, 2.05) is 30.3 Å². The molecule has 98 valence electrons. The van der Waals surface area contributed by atoms with Gasteiger partial charge in [-0.3, -0.25) is 9.78 Å². The van der Waals surface area contributed by atoms with Crippen LogP contribution in [-0.2, 0) is 4.74 Å². The molecule has 0 aliphatic heterocycles. The molecule has 2 rings (SSSR count). The summed E-state index contributed by atoms with van der Waals surface area (Å²) in [5, 5.41) is 2.84. The van der Waals surface area contributed by atoms with Crippen LogP contribution in [0.15, 0.2) is 54.9 Å². The molecule has 0 bridgehead atoms. The first-order valence-electron chi connectivity index (χ1n) is 6.07. The second-order valence-corrected chi connectivity index (χ2v) is 4.09. The van der Waals surface area contributed by atoms with Crippen molar-refractivity contribution in [1.82, 2.24) is 10.3 Å². The molecule has 2 aromatic rings. The van der Waals surface area contributed by atoms with E-state index in [9.17, 15) is 4.79 Å². The molecular weight excluding hydrogens is 240 g/mol. The van der Waals surface area contributed by atoms with Gasteiger partial charge in [0.25, 0.3) is 5.91 Å². The van der Waals surface area contributed by atoms with E-state index in [0.717, 1.165) is 5.56 Å². The summed E-state index contributed by atoms with van der Waals surface area (Å²) in [6.45, 7) is 0.425. The molecule has 1 unspecified atom stereocenters. The van der Waals surface area contributed by atoms with Crippen molar-refractivity contribution < 1.29 is 9.53 Å². The standard InChI is InChI=1S/C15H16N2O2/c1-19-14(12-6-3-2-4-7-12)11-17-15(18)13-8-5-9-16-10-13/h2-10,14H,11H2,1H3,(H,17,18). The number of nitrogens with zero attached hydrogens (tertiary/aromatic N) is 1. The van der Waals surface area contributed by atoms with E-state index >= 15 is 0 Å². The van der Waals surface area contributed by atoms with Crippen molar-refractivity contribution in [2.45, 2.75) is 6.10 Å². The van der Waals surface area contributed by atoms with Gasteiger partial charge in [0.2, 0.25) is 0 Å². The van der Waals surface area contributed by atoms with Crippen LogP contribution in [0, 0.1) is 0 Å². The number of carbonyl (C=O) groups is 1. The van der Waals surface area contributed by atoms with Crippen molar-refractivity contribution in [1.29, 1.82) is 0 Å². The predicted octanol–water partition coefficient (Wildman–Crippen LogP) is 2.20. The summed E-state index contributed by atoms with van der Waals surface area (Å²) in [6.07, 6.45) is 3.03. The van der Waals surface area contributed by atoms with E-state index in [4.69, 9.17) is 4.74 Å². The number of amides is 1. The molecule has 1 atom stereocenters. The highest BCUT2D eigenvalue weighted by atomic mass is 16.5. The lowest BCUT2D eigenvalue weighted by Gasteiger charge is -2.16. The number of hydrogen-bond acceptors (Lipinski definition) is 3. The summed E-state index contributed by atoms with van der Waals surface area (Å²) in [5.74, 6) is -0.147. The van der Waals surface area contributed by atoms with Crippen LogP contribution in [0.3, 0.4) is 0 Å². The van der Waals surface area contributed by atoms with E-state index in [-0.39, 0.29) is 12.0 Å². The zero-order chi connectivity index (χ0) is 13.5. The first kappa shape index (κ1) is 13.2. The third-order valence-electron chi connectivity index (χ3n) is 2.83. The van der Waals surface area contributed by atoms with Gasteiger partial charge in [-0.15, -0.1) is 0 Å². The molecule has 1 aromatic heterocycles. The topological polar surface area (TPSA) is 51.2 Å². The fourth-order valence-electron chi connectivity index (χ4n) is 1.79. The Labute approximate surface area is 112 Å². The maximum atomic E-state index is 11.9. The summed E-state index contributed by atoms with van der Waals surface area (Å²) in [7, 11) is 1.63. The maximum Gasteiger partial charge on any atom is 0.252 e. The first-order valence-corrected chi connectivity index (χ1v) is 6.07. The van der Waals surface area contributed by atoms with Crippen molar-refractivity contribution in [3.05, 3.63) is 66.0 Å². The van der Waals surface area contributed by atoms with Crippen molar-refractivity contribution in [3.63, 3.8) is 0 Å². The van der Waals surface area contributed by atoms with Gasteiger partial charge in [0.05, 0.1) is 11.7 Å². The van der Waals surface area contributed by atoms with Crippen LogP contribution in [-0.4, -0.2) is 24.5 Å². The molecule has 0 radical (unpaired) electrons.